The average molecular weight is 516 g/mol. The minimum Gasteiger partial charge on any atom is -0.508 e. The lowest BCUT2D eigenvalue weighted by atomic mass is 9.86. The summed E-state index contributed by atoms with van der Waals surface area (Å²) >= 11 is 0. The smallest absolute Gasteiger partial charge is 0.122 e. The number of hydrogen-bond donors (Lipinski definition) is 1. The van der Waals surface area contributed by atoms with E-state index < -0.39 is 0 Å². The normalized spacial score (nSPS) is 17.8. The van der Waals surface area contributed by atoms with E-state index >= 15 is 0 Å². The first kappa shape index (κ1) is 26.3. The number of aromatic hydroxyl groups is 1. The van der Waals surface area contributed by atoms with E-state index in [2.05, 4.69) is 61.2 Å². The lowest BCUT2D eigenvalue weighted by molar-refractivity contribution is 0.198. The quantitative estimate of drug-likeness (QED) is 0.347. The van der Waals surface area contributed by atoms with Gasteiger partial charge in [-0.25, -0.2) is 0 Å². The SMILES string of the molecule is COc1cc(C)c(C2=C(c3ccc(O[C@H]4CCN(CCCF)C4)cc3)c3ccc(O)cc3CCC2)cc1C. The summed E-state index contributed by atoms with van der Waals surface area (Å²) in [6, 6.07) is 18.6. The predicted molar refractivity (Wildman–Crippen MR) is 152 cm³/mol. The molecule has 0 saturated carbocycles. The molecule has 0 unspecified atom stereocenters. The highest BCUT2D eigenvalue weighted by atomic mass is 19.1. The van der Waals surface area contributed by atoms with Crippen molar-refractivity contribution in [3.63, 3.8) is 0 Å². The zero-order valence-electron chi connectivity index (χ0n) is 22.7. The number of aryl methyl sites for hydroxylation is 3. The molecule has 38 heavy (non-hydrogen) atoms. The Hall–Kier alpha value is -3.31. The minimum atomic E-state index is -0.264. The number of methoxy groups -OCH3 is 1. The van der Waals surface area contributed by atoms with E-state index in [1.165, 1.54) is 33.4 Å². The van der Waals surface area contributed by atoms with Crippen molar-refractivity contribution in [3.8, 4) is 17.2 Å². The van der Waals surface area contributed by atoms with Crippen molar-refractivity contribution < 1.29 is 19.0 Å². The van der Waals surface area contributed by atoms with Gasteiger partial charge in [-0.05, 0) is 127 Å². The second-order valence-electron chi connectivity index (χ2n) is 10.6. The number of hydrogen-bond acceptors (Lipinski definition) is 4. The summed E-state index contributed by atoms with van der Waals surface area (Å²) in [5, 5.41) is 10.2. The molecule has 0 amide bonds. The van der Waals surface area contributed by atoms with Gasteiger partial charge in [-0.15, -0.1) is 0 Å². The largest absolute Gasteiger partial charge is 0.508 e. The Balaban J connectivity index is 1.52. The van der Waals surface area contributed by atoms with Gasteiger partial charge >= 0.3 is 0 Å². The molecule has 1 heterocycles. The van der Waals surface area contributed by atoms with Gasteiger partial charge in [-0.1, -0.05) is 18.2 Å². The first-order valence-electron chi connectivity index (χ1n) is 13.7. The molecule has 1 atom stereocenters. The summed E-state index contributed by atoms with van der Waals surface area (Å²) in [5.74, 6) is 2.08. The third-order valence-electron chi connectivity index (χ3n) is 7.88. The lowest BCUT2D eigenvalue weighted by Gasteiger charge is -2.20. The molecule has 1 aliphatic carbocycles. The van der Waals surface area contributed by atoms with Crippen LogP contribution in [0.2, 0.25) is 0 Å². The molecule has 4 nitrogen and oxygen atoms in total. The highest BCUT2D eigenvalue weighted by molar-refractivity contribution is 6.00. The molecule has 1 N–H and O–H groups in total. The molecule has 0 spiro atoms. The van der Waals surface area contributed by atoms with Crippen LogP contribution in [0.5, 0.6) is 17.2 Å². The number of phenols is 1. The van der Waals surface area contributed by atoms with Crippen LogP contribution in [0.25, 0.3) is 11.1 Å². The molecule has 2 aliphatic rings. The number of fused-ring (bicyclic) bond motifs is 1. The van der Waals surface area contributed by atoms with Gasteiger partial charge in [0.05, 0.1) is 13.8 Å². The summed E-state index contributed by atoms with van der Waals surface area (Å²) in [4.78, 5) is 2.28. The van der Waals surface area contributed by atoms with Gasteiger partial charge in [-0.3, -0.25) is 9.29 Å². The molecule has 5 rings (SSSR count). The Morgan fingerprint density at radius 2 is 1.79 bits per heavy atom. The van der Waals surface area contributed by atoms with E-state index in [-0.39, 0.29) is 12.8 Å². The zero-order valence-corrected chi connectivity index (χ0v) is 22.7. The van der Waals surface area contributed by atoms with Crippen LogP contribution in [0.15, 0.2) is 54.6 Å². The second kappa shape index (κ2) is 11.6. The molecule has 200 valence electrons. The Morgan fingerprint density at radius 1 is 0.974 bits per heavy atom. The maximum atomic E-state index is 12.6. The number of halogens is 1. The standard InChI is InChI=1S/C33H38FNO3/c1-22-19-32(37-3)23(2)18-31(22)30-7-4-6-25-20-26(36)10-13-29(25)33(30)24-8-11-27(12-9-24)38-28-14-17-35(21-28)16-5-15-34/h8-13,18-20,28,36H,4-7,14-17,21H2,1-3H3/t28-/m0/s1. The van der Waals surface area contributed by atoms with Gasteiger partial charge in [0.1, 0.15) is 23.4 Å². The molecular weight excluding hydrogens is 477 g/mol. The maximum Gasteiger partial charge on any atom is 0.122 e. The number of phenolic OH excluding ortho intramolecular Hbond substituents is 1. The van der Waals surface area contributed by atoms with Crippen molar-refractivity contribution in [2.24, 2.45) is 0 Å². The molecule has 3 aromatic rings. The monoisotopic (exact) mass is 515 g/mol. The molecule has 5 heteroatoms. The van der Waals surface area contributed by atoms with Gasteiger partial charge in [0.25, 0.3) is 0 Å². The van der Waals surface area contributed by atoms with Crippen LogP contribution in [0, 0.1) is 13.8 Å². The summed E-state index contributed by atoms with van der Waals surface area (Å²) < 4.78 is 24.5. The van der Waals surface area contributed by atoms with Crippen LogP contribution in [-0.4, -0.2) is 49.5 Å². The van der Waals surface area contributed by atoms with Crippen LogP contribution in [0.1, 0.15) is 59.1 Å². The Labute approximate surface area is 225 Å². The van der Waals surface area contributed by atoms with Crippen LogP contribution in [0.4, 0.5) is 4.39 Å². The zero-order chi connectivity index (χ0) is 26.6. The number of ether oxygens (including phenoxy) is 2. The van der Waals surface area contributed by atoms with Gasteiger partial charge in [0, 0.05) is 19.6 Å². The van der Waals surface area contributed by atoms with Gasteiger partial charge in [0.15, 0.2) is 0 Å². The van der Waals surface area contributed by atoms with Crippen molar-refractivity contribution in [2.75, 3.05) is 33.4 Å². The number of rotatable bonds is 8. The van der Waals surface area contributed by atoms with Crippen molar-refractivity contribution >= 4 is 11.1 Å². The number of likely N-dealkylation sites (tertiary alicyclic amines) is 1. The van der Waals surface area contributed by atoms with Gasteiger partial charge < -0.3 is 14.6 Å². The summed E-state index contributed by atoms with van der Waals surface area (Å²) in [7, 11) is 1.72. The van der Waals surface area contributed by atoms with E-state index in [1.807, 2.05) is 6.07 Å². The van der Waals surface area contributed by atoms with Crippen LogP contribution < -0.4 is 9.47 Å². The van der Waals surface area contributed by atoms with Crippen LogP contribution in [-0.2, 0) is 6.42 Å². The first-order valence-corrected chi connectivity index (χ1v) is 13.7. The van der Waals surface area contributed by atoms with Crippen molar-refractivity contribution in [1.29, 1.82) is 0 Å². The van der Waals surface area contributed by atoms with E-state index in [0.717, 1.165) is 67.9 Å². The molecular formula is C33H38FNO3. The first-order chi connectivity index (χ1) is 18.5. The average Bonchev–Trinajstić information content (AvgIpc) is 3.28. The third-order valence-corrected chi connectivity index (χ3v) is 7.88. The van der Waals surface area contributed by atoms with Crippen LogP contribution in [0.3, 0.4) is 0 Å². The molecule has 0 aromatic heterocycles. The maximum absolute atomic E-state index is 12.6. The Bertz CT molecular complexity index is 1310. The molecule has 1 aliphatic heterocycles. The van der Waals surface area contributed by atoms with Gasteiger partial charge in [0.2, 0.25) is 0 Å². The second-order valence-corrected chi connectivity index (χ2v) is 10.6. The fraction of sp³-hybridized carbons (Fsp3) is 0.394. The van der Waals surface area contributed by atoms with Crippen LogP contribution >= 0.6 is 0 Å². The lowest BCUT2D eigenvalue weighted by Crippen LogP contribution is -2.26. The Kier molecular flexibility index (Phi) is 8.04. The molecule has 0 radical (unpaired) electrons. The number of allylic oxidation sites excluding steroid dienone is 1. The molecule has 1 fully saturated rings. The number of alkyl halides is 1. The number of benzene rings is 3. The van der Waals surface area contributed by atoms with E-state index in [1.54, 1.807) is 13.2 Å². The summed E-state index contributed by atoms with van der Waals surface area (Å²) in [6.07, 6.45) is 4.59. The van der Waals surface area contributed by atoms with E-state index in [0.29, 0.717) is 12.2 Å². The molecule has 1 saturated heterocycles. The fourth-order valence-corrected chi connectivity index (χ4v) is 5.98. The summed E-state index contributed by atoms with van der Waals surface area (Å²) in [6.45, 7) is 6.59. The highest BCUT2D eigenvalue weighted by Crippen LogP contribution is 2.42. The minimum absolute atomic E-state index is 0.141. The highest BCUT2D eigenvalue weighted by Gasteiger charge is 2.25. The summed E-state index contributed by atoms with van der Waals surface area (Å²) in [5.41, 5.74) is 9.61. The third kappa shape index (κ3) is 5.58. The van der Waals surface area contributed by atoms with E-state index in [4.69, 9.17) is 9.47 Å². The topological polar surface area (TPSA) is 41.9 Å². The van der Waals surface area contributed by atoms with Crippen molar-refractivity contribution in [2.45, 2.75) is 52.1 Å². The van der Waals surface area contributed by atoms with Gasteiger partial charge in [-0.2, -0.15) is 0 Å². The Morgan fingerprint density at radius 3 is 2.55 bits per heavy atom. The van der Waals surface area contributed by atoms with Crippen molar-refractivity contribution in [1.82, 2.24) is 4.90 Å². The van der Waals surface area contributed by atoms with Crippen molar-refractivity contribution in [3.05, 3.63) is 88.0 Å². The predicted octanol–water partition coefficient (Wildman–Crippen LogP) is 7.13. The molecule has 0 bridgehead atoms. The number of nitrogens with zero attached hydrogens (tertiary/aromatic N) is 1. The fourth-order valence-electron chi connectivity index (χ4n) is 5.98. The molecule has 3 aromatic carbocycles. The van der Waals surface area contributed by atoms with E-state index in [9.17, 15) is 9.50 Å².